The summed E-state index contributed by atoms with van der Waals surface area (Å²) in [5.74, 6) is -0.416. The van der Waals surface area contributed by atoms with E-state index in [2.05, 4.69) is 56.1 Å². The Bertz CT molecular complexity index is 1180. The van der Waals surface area contributed by atoms with E-state index in [9.17, 15) is 9.18 Å². The zero-order chi connectivity index (χ0) is 21.1. The standard InChI is InChI=1S/C26H23FN2O/c1-25(2)16-26(3,17-8-5-4-6-9-17)21-11-7-10-20-22(24(30)29(25)23(20)21)28-19-14-12-18(27)13-15-19/h4-15H,16H2,1-3H3. The maximum Gasteiger partial charge on any atom is 0.278 e. The number of nitrogens with zero attached hydrogens (tertiary/aromatic N) is 2. The second kappa shape index (κ2) is 6.36. The molecule has 0 bridgehead atoms. The molecule has 1 atom stereocenters. The van der Waals surface area contributed by atoms with Crippen molar-refractivity contribution in [1.82, 2.24) is 0 Å². The molecule has 2 aliphatic heterocycles. The molecular weight excluding hydrogens is 375 g/mol. The molecule has 30 heavy (non-hydrogen) atoms. The fourth-order valence-corrected chi connectivity index (χ4v) is 5.18. The quantitative estimate of drug-likeness (QED) is 0.538. The van der Waals surface area contributed by atoms with Crippen LogP contribution >= 0.6 is 0 Å². The van der Waals surface area contributed by atoms with Crippen molar-refractivity contribution in [2.24, 2.45) is 4.99 Å². The molecule has 5 rings (SSSR count). The molecular formula is C26H23FN2O. The van der Waals surface area contributed by atoms with E-state index in [4.69, 9.17) is 0 Å². The van der Waals surface area contributed by atoms with Crippen molar-refractivity contribution in [3.05, 3.63) is 95.3 Å². The monoisotopic (exact) mass is 398 g/mol. The molecule has 0 aromatic heterocycles. The molecule has 0 N–H and O–H groups in total. The lowest BCUT2D eigenvalue weighted by Crippen LogP contribution is -2.54. The molecule has 0 fully saturated rings. The average Bonchev–Trinajstić information content (AvgIpc) is 3.01. The van der Waals surface area contributed by atoms with Crippen molar-refractivity contribution in [3.8, 4) is 0 Å². The van der Waals surface area contributed by atoms with E-state index in [0.717, 1.165) is 23.2 Å². The number of carbonyl (C=O) groups excluding carboxylic acids is 1. The maximum atomic E-state index is 13.5. The normalized spacial score (nSPS) is 23.0. The zero-order valence-electron chi connectivity index (χ0n) is 17.3. The van der Waals surface area contributed by atoms with E-state index in [1.807, 2.05) is 23.1 Å². The first kappa shape index (κ1) is 18.7. The van der Waals surface area contributed by atoms with E-state index >= 15 is 0 Å². The van der Waals surface area contributed by atoms with Gasteiger partial charge >= 0.3 is 0 Å². The summed E-state index contributed by atoms with van der Waals surface area (Å²) in [6.45, 7) is 6.50. The molecule has 4 heteroatoms. The predicted octanol–water partition coefficient (Wildman–Crippen LogP) is 5.78. The minimum absolute atomic E-state index is 0.0955. The number of hydrogen-bond donors (Lipinski definition) is 0. The SMILES string of the molecule is CC1(c2ccccc2)CC(C)(C)N2C(=O)C(=Nc3ccc(F)cc3)c3cccc1c32. The molecule has 0 spiro atoms. The maximum absolute atomic E-state index is 13.5. The largest absolute Gasteiger partial charge is 0.300 e. The molecule has 2 aliphatic rings. The highest BCUT2D eigenvalue weighted by molar-refractivity contribution is 6.55. The lowest BCUT2D eigenvalue weighted by molar-refractivity contribution is -0.113. The van der Waals surface area contributed by atoms with Crippen LogP contribution in [0, 0.1) is 5.82 Å². The second-order valence-corrected chi connectivity index (χ2v) is 8.97. The van der Waals surface area contributed by atoms with Gasteiger partial charge in [0, 0.05) is 16.5 Å². The Morgan fingerprint density at radius 1 is 0.900 bits per heavy atom. The van der Waals surface area contributed by atoms with Crippen LogP contribution in [0.1, 0.15) is 43.9 Å². The van der Waals surface area contributed by atoms with Crippen molar-refractivity contribution in [2.45, 2.75) is 38.1 Å². The number of amides is 1. The van der Waals surface area contributed by atoms with Gasteiger partial charge in [0.2, 0.25) is 0 Å². The van der Waals surface area contributed by atoms with Crippen molar-refractivity contribution in [1.29, 1.82) is 0 Å². The van der Waals surface area contributed by atoms with Crippen LogP contribution in [0.4, 0.5) is 15.8 Å². The van der Waals surface area contributed by atoms with Gasteiger partial charge in [0.05, 0.1) is 11.4 Å². The van der Waals surface area contributed by atoms with Gasteiger partial charge in [-0.2, -0.15) is 0 Å². The summed E-state index contributed by atoms with van der Waals surface area (Å²) < 4.78 is 13.3. The van der Waals surface area contributed by atoms with Crippen LogP contribution in [0.3, 0.4) is 0 Å². The second-order valence-electron chi connectivity index (χ2n) is 8.97. The Labute approximate surface area is 175 Å². The van der Waals surface area contributed by atoms with E-state index in [0.29, 0.717) is 11.4 Å². The fraction of sp³-hybridized carbons (Fsp3) is 0.231. The van der Waals surface area contributed by atoms with Gasteiger partial charge in [-0.3, -0.25) is 4.79 Å². The van der Waals surface area contributed by atoms with Crippen LogP contribution in [0.2, 0.25) is 0 Å². The molecule has 1 amide bonds. The van der Waals surface area contributed by atoms with Gasteiger partial charge in [0.15, 0.2) is 0 Å². The number of halogens is 1. The smallest absolute Gasteiger partial charge is 0.278 e. The Balaban J connectivity index is 1.75. The summed E-state index contributed by atoms with van der Waals surface area (Å²) in [6.07, 6.45) is 0.802. The lowest BCUT2D eigenvalue weighted by Gasteiger charge is -2.49. The van der Waals surface area contributed by atoms with E-state index in [1.54, 1.807) is 12.1 Å². The van der Waals surface area contributed by atoms with E-state index in [-0.39, 0.29) is 22.7 Å². The molecule has 3 aromatic carbocycles. The number of benzene rings is 3. The Morgan fingerprint density at radius 3 is 2.30 bits per heavy atom. The number of hydrogen-bond acceptors (Lipinski definition) is 2. The number of aliphatic imine (C=N–C) groups is 1. The van der Waals surface area contributed by atoms with Gasteiger partial charge in [-0.1, -0.05) is 55.5 Å². The Kier molecular flexibility index (Phi) is 3.97. The fourth-order valence-electron chi connectivity index (χ4n) is 5.18. The third kappa shape index (κ3) is 2.63. The van der Waals surface area contributed by atoms with Gasteiger partial charge in [-0.25, -0.2) is 9.38 Å². The van der Waals surface area contributed by atoms with E-state index in [1.165, 1.54) is 17.7 Å². The first-order valence-electron chi connectivity index (χ1n) is 10.2. The van der Waals surface area contributed by atoms with Gasteiger partial charge in [0.1, 0.15) is 11.5 Å². The highest BCUT2D eigenvalue weighted by Gasteiger charge is 2.52. The predicted molar refractivity (Wildman–Crippen MR) is 118 cm³/mol. The Hall–Kier alpha value is -3.27. The molecule has 0 radical (unpaired) electrons. The van der Waals surface area contributed by atoms with Crippen molar-refractivity contribution >= 4 is 23.0 Å². The van der Waals surface area contributed by atoms with Crippen LogP contribution in [-0.2, 0) is 10.2 Å². The van der Waals surface area contributed by atoms with Crippen LogP contribution in [-0.4, -0.2) is 17.2 Å². The number of carbonyl (C=O) groups is 1. The van der Waals surface area contributed by atoms with Crippen LogP contribution < -0.4 is 4.90 Å². The summed E-state index contributed by atoms with van der Waals surface area (Å²) in [6, 6.07) is 22.5. The number of rotatable bonds is 2. The summed E-state index contributed by atoms with van der Waals surface area (Å²) in [7, 11) is 0. The van der Waals surface area contributed by atoms with E-state index < -0.39 is 0 Å². The third-order valence-corrected chi connectivity index (χ3v) is 6.38. The molecule has 0 saturated carbocycles. The summed E-state index contributed by atoms with van der Waals surface area (Å²) in [5, 5.41) is 0. The number of para-hydroxylation sites is 1. The minimum atomic E-state index is -0.384. The van der Waals surface area contributed by atoms with Crippen molar-refractivity contribution < 1.29 is 9.18 Å². The highest BCUT2D eigenvalue weighted by Crippen LogP contribution is 2.53. The Morgan fingerprint density at radius 2 is 1.60 bits per heavy atom. The number of anilines is 1. The van der Waals surface area contributed by atoms with Crippen LogP contribution in [0.5, 0.6) is 0 Å². The third-order valence-electron chi connectivity index (χ3n) is 6.38. The average molecular weight is 398 g/mol. The first-order valence-corrected chi connectivity index (χ1v) is 10.2. The summed E-state index contributed by atoms with van der Waals surface area (Å²) in [5.41, 5.74) is 4.56. The van der Waals surface area contributed by atoms with Crippen LogP contribution in [0.25, 0.3) is 0 Å². The lowest BCUT2D eigenvalue weighted by atomic mass is 9.65. The zero-order valence-corrected chi connectivity index (χ0v) is 17.3. The molecule has 150 valence electrons. The van der Waals surface area contributed by atoms with Crippen molar-refractivity contribution in [2.75, 3.05) is 4.90 Å². The minimum Gasteiger partial charge on any atom is -0.300 e. The topological polar surface area (TPSA) is 32.7 Å². The van der Waals surface area contributed by atoms with Crippen molar-refractivity contribution in [3.63, 3.8) is 0 Å². The van der Waals surface area contributed by atoms with Gasteiger partial charge in [-0.05, 0) is 55.7 Å². The molecule has 3 aromatic rings. The van der Waals surface area contributed by atoms with Gasteiger partial charge in [0.25, 0.3) is 5.91 Å². The molecule has 2 heterocycles. The molecule has 3 nitrogen and oxygen atoms in total. The first-order chi connectivity index (χ1) is 14.3. The van der Waals surface area contributed by atoms with Gasteiger partial charge < -0.3 is 4.90 Å². The summed E-state index contributed by atoms with van der Waals surface area (Å²) >= 11 is 0. The molecule has 1 unspecified atom stereocenters. The summed E-state index contributed by atoms with van der Waals surface area (Å²) in [4.78, 5) is 20.1. The van der Waals surface area contributed by atoms with Crippen LogP contribution in [0.15, 0.2) is 77.8 Å². The highest BCUT2D eigenvalue weighted by atomic mass is 19.1. The van der Waals surface area contributed by atoms with Gasteiger partial charge in [-0.15, -0.1) is 0 Å². The molecule has 0 aliphatic carbocycles. The molecule has 0 saturated heterocycles.